The molecule has 0 aliphatic rings. The molecule has 1 nitrogen and oxygen atoms in total. The van der Waals surface area contributed by atoms with Crippen LogP contribution in [0.1, 0.15) is 23.6 Å². The third-order valence-electron chi connectivity index (χ3n) is 4.11. The zero-order valence-corrected chi connectivity index (χ0v) is 16.2. The van der Waals surface area contributed by atoms with Crippen molar-refractivity contribution in [3.63, 3.8) is 0 Å². The summed E-state index contributed by atoms with van der Waals surface area (Å²) in [6.45, 7) is 2.12. The van der Waals surface area contributed by atoms with Crippen LogP contribution in [0.5, 0.6) is 0 Å². The minimum absolute atomic E-state index is 0.00648. The second-order valence-electron chi connectivity index (χ2n) is 5.87. The molecule has 0 bridgehead atoms. The first-order valence-corrected chi connectivity index (χ1v) is 9.17. The average molecular weight is 392 g/mol. The van der Waals surface area contributed by atoms with E-state index in [1.165, 1.54) is 11.6 Å². The van der Waals surface area contributed by atoms with Gasteiger partial charge < -0.3 is 0 Å². The molecule has 27 heavy (non-hydrogen) atoms. The van der Waals surface area contributed by atoms with Gasteiger partial charge in [0, 0.05) is 11.1 Å². The van der Waals surface area contributed by atoms with Crippen LogP contribution in [-0.4, -0.2) is 5.16 Å². The number of isothiocyanates is 1. The third kappa shape index (κ3) is 4.70. The number of hydrogen-bond acceptors (Lipinski definition) is 2. The summed E-state index contributed by atoms with van der Waals surface area (Å²) in [5, 5.41) is 2.33. The zero-order valence-electron chi connectivity index (χ0n) is 14.6. The maximum absolute atomic E-state index is 14.1. The van der Waals surface area contributed by atoms with E-state index in [-0.39, 0.29) is 10.7 Å². The molecule has 0 radical (unpaired) electrons. The molecule has 0 spiro atoms. The lowest BCUT2D eigenvalue weighted by Crippen LogP contribution is -1.84. The van der Waals surface area contributed by atoms with Crippen molar-refractivity contribution in [3.05, 3.63) is 88.2 Å². The number of aryl methyl sites for hydroxylation is 1. The molecule has 0 atom stereocenters. The summed E-state index contributed by atoms with van der Waals surface area (Å²) in [4.78, 5) is 3.66. The Hall–Kier alpha value is -2.76. The molecule has 4 heteroatoms. The Kier molecular flexibility index (Phi) is 6.16. The topological polar surface area (TPSA) is 12.4 Å². The number of nitrogens with zero attached hydrogens (tertiary/aromatic N) is 1. The van der Waals surface area contributed by atoms with Crippen molar-refractivity contribution in [3.8, 4) is 23.0 Å². The Bertz CT molecular complexity index is 1050. The molecule has 0 saturated heterocycles. The third-order valence-corrected chi connectivity index (χ3v) is 4.49. The lowest BCUT2D eigenvalue weighted by Gasteiger charge is -2.05. The fourth-order valence-corrected chi connectivity index (χ4v) is 2.94. The van der Waals surface area contributed by atoms with Crippen molar-refractivity contribution in [2.24, 2.45) is 4.99 Å². The van der Waals surface area contributed by atoms with Crippen molar-refractivity contribution >= 4 is 34.7 Å². The maximum Gasteiger partial charge on any atom is 0.151 e. The summed E-state index contributed by atoms with van der Waals surface area (Å²) in [5.74, 6) is 5.76. The highest BCUT2D eigenvalue weighted by Crippen LogP contribution is 2.33. The largest absolute Gasteiger partial charge is 0.205 e. The van der Waals surface area contributed by atoms with E-state index in [4.69, 9.17) is 11.6 Å². The molecule has 0 aliphatic carbocycles. The van der Waals surface area contributed by atoms with E-state index in [9.17, 15) is 4.39 Å². The van der Waals surface area contributed by atoms with Gasteiger partial charge in [0.1, 0.15) is 5.69 Å². The van der Waals surface area contributed by atoms with Crippen molar-refractivity contribution in [1.29, 1.82) is 0 Å². The van der Waals surface area contributed by atoms with Gasteiger partial charge in [-0.05, 0) is 71.7 Å². The van der Waals surface area contributed by atoms with Gasteiger partial charge in [-0.25, -0.2) is 4.39 Å². The first-order chi connectivity index (χ1) is 13.1. The molecule has 0 aromatic heterocycles. The average Bonchev–Trinajstić information content (AvgIpc) is 2.70. The molecular formula is C23H15ClFNS. The molecule has 3 aromatic rings. The SMILES string of the molecule is CCc1ccc(C#Cc2ccc(-c3cc(F)c(N=C=S)c(Cl)c3)cc2)cc1. The molecule has 0 unspecified atom stereocenters. The van der Waals surface area contributed by atoms with Gasteiger partial charge >= 0.3 is 0 Å². The molecule has 0 N–H and O–H groups in total. The van der Waals surface area contributed by atoms with Gasteiger partial charge in [-0.15, -0.1) is 0 Å². The standard InChI is InChI=1S/C23H15ClFNS/c1-2-16-3-5-17(6-4-16)7-8-18-9-11-19(12-10-18)20-13-21(24)23(26-15-27)22(25)14-20/h3-6,9-14H,2H2,1H3. The number of rotatable bonds is 3. The minimum atomic E-state index is -0.533. The Balaban J connectivity index is 1.83. The molecule has 0 aliphatic heterocycles. The summed E-state index contributed by atoms with van der Waals surface area (Å²) in [7, 11) is 0. The van der Waals surface area contributed by atoms with Crippen LogP contribution in [0, 0.1) is 17.7 Å². The van der Waals surface area contributed by atoms with E-state index >= 15 is 0 Å². The van der Waals surface area contributed by atoms with Crippen LogP contribution in [0.15, 0.2) is 65.7 Å². The van der Waals surface area contributed by atoms with Crippen molar-refractivity contribution in [1.82, 2.24) is 0 Å². The predicted molar refractivity (Wildman–Crippen MR) is 113 cm³/mol. The molecule has 0 amide bonds. The van der Waals surface area contributed by atoms with Crippen molar-refractivity contribution in [2.45, 2.75) is 13.3 Å². The molecule has 0 saturated carbocycles. The van der Waals surface area contributed by atoms with Gasteiger partial charge in [-0.1, -0.05) is 54.6 Å². The highest BCUT2D eigenvalue weighted by Gasteiger charge is 2.10. The van der Waals surface area contributed by atoms with Gasteiger partial charge in [0.15, 0.2) is 5.82 Å². The van der Waals surface area contributed by atoms with Crippen LogP contribution in [0.25, 0.3) is 11.1 Å². The first kappa shape index (κ1) is 19.0. The number of halogens is 2. The Morgan fingerprint density at radius 2 is 1.52 bits per heavy atom. The van der Waals surface area contributed by atoms with Gasteiger partial charge in [-0.2, -0.15) is 4.99 Å². The number of aliphatic imine (C=N–C) groups is 1. The fourth-order valence-electron chi connectivity index (χ4n) is 2.60. The number of hydrogen-bond donors (Lipinski definition) is 0. The van der Waals surface area contributed by atoms with E-state index in [0.29, 0.717) is 5.56 Å². The predicted octanol–water partition coefficient (Wildman–Crippen LogP) is 6.84. The number of thiocarbonyl (C=S) groups is 1. The quantitative estimate of drug-likeness (QED) is 0.270. The maximum atomic E-state index is 14.1. The first-order valence-electron chi connectivity index (χ1n) is 8.39. The van der Waals surface area contributed by atoms with Gasteiger partial charge in [-0.3, -0.25) is 0 Å². The fraction of sp³-hybridized carbons (Fsp3) is 0.0870. The van der Waals surface area contributed by atoms with Crippen LogP contribution in [-0.2, 0) is 6.42 Å². The van der Waals surface area contributed by atoms with E-state index in [2.05, 4.69) is 53.3 Å². The monoisotopic (exact) mass is 391 g/mol. The van der Waals surface area contributed by atoms with Crippen molar-refractivity contribution in [2.75, 3.05) is 0 Å². The summed E-state index contributed by atoms with van der Waals surface area (Å²) >= 11 is 10.6. The van der Waals surface area contributed by atoms with Gasteiger partial charge in [0.05, 0.1) is 10.2 Å². The van der Waals surface area contributed by atoms with Crippen LogP contribution in [0.3, 0.4) is 0 Å². The van der Waals surface area contributed by atoms with E-state index < -0.39 is 5.82 Å². The molecular weight excluding hydrogens is 377 g/mol. The van der Waals surface area contributed by atoms with Crippen LogP contribution < -0.4 is 0 Å². The Labute approximate surface area is 168 Å². The molecule has 132 valence electrons. The normalized spacial score (nSPS) is 9.89. The van der Waals surface area contributed by atoms with E-state index in [0.717, 1.165) is 23.1 Å². The number of benzene rings is 3. The van der Waals surface area contributed by atoms with Gasteiger partial charge in [0.25, 0.3) is 0 Å². The van der Waals surface area contributed by atoms with E-state index in [1.54, 1.807) is 6.07 Å². The Morgan fingerprint density at radius 3 is 2.04 bits per heavy atom. The second kappa shape index (κ2) is 8.75. The van der Waals surface area contributed by atoms with E-state index in [1.807, 2.05) is 36.4 Å². The minimum Gasteiger partial charge on any atom is -0.205 e. The van der Waals surface area contributed by atoms with Crippen LogP contribution in [0.4, 0.5) is 10.1 Å². The second-order valence-corrected chi connectivity index (χ2v) is 6.46. The highest BCUT2D eigenvalue weighted by atomic mass is 35.5. The molecule has 3 rings (SSSR count). The highest BCUT2D eigenvalue weighted by molar-refractivity contribution is 7.78. The van der Waals surface area contributed by atoms with Crippen LogP contribution in [0.2, 0.25) is 5.02 Å². The summed E-state index contributed by atoms with van der Waals surface area (Å²) in [6.07, 6.45) is 1.01. The van der Waals surface area contributed by atoms with Crippen LogP contribution >= 0.6 is 23.8 Å². The lowest BCUT2D eigenvalue weighted by atomic mass is 10.0. The zero-order chi connectivity index (χ0) is 19.2. The Morgan fingerprint density at radius 1 is 0.926 bits per heavy atom. The molecule has 0 heterocycles. The molecule has 0 fully saturated rings. The summed E-state index contributed by atoms with van der Waals surface area (Å²) < 4.78 is 14.1. The lowest BCUT2D eigenvalue weighted by molar-refractivity contribution is 0.630. The molecule has 3 aromatic carbocycles. The smallest absolute Gasteiger partial charge is 0.151 e. The summed E-state index contributed by atoms with van der Waals surface area (Å²) in [5.41, 5.74) is 4.65. The van der Waals surface area contributed by atoms with Crippen molar-refractivity contribution < 1.29 is 4.39 Å². The van der Waals surface area contributed by atoms with Gasteiger partial charge in [0.2, 0.25) is 0 Å². The summed E-state index contributed by atoms with van der Waals surface area (Å²) in [6, 6.07) is 18.8.